The molecule has 38 heavy (non-hydrogen) atoms. The van der Waals surface area contributed by atoms with Crippen LogP contribution in [0.2, 0.25) is 0 Å². The molecule has 0 saturated carbocycles. The first kappa shape index (κ1) is 34.6. The standard InChI is InChI=1S/C35H62O3/c1-8-9-10-11-12-13-14-15-16-17-18-19-20-21-22-23-26-38-32(36)25-24-29-27-30(34(2,3)4)33(37)31(28-29)35(5,6)7/h24-25,27,29,31H,8-23,26,28H2,1-7H3. The van der Waals surface area contributed by atoms with Gasteiger partial charge in [-0.2, -0.15) is 0 Å². The van der Waals surface area contributed by atoms with Gasteiger partial charge in [0.1, 0.15) is 0 Å². The number of hydrogen-bond donors (Lipinski definition) is 0. The number of rotatable bonds is 19. The van der Waals surface area contributed by atoms with E-state index in [0.29, 0.717) is 6.61 Å². The smallest absolute Gasteiger partial charge is 0.330 e. The fraction of sp³-hybridized carbons (Fsp3) is 0.829. The molecule has 0 radical (unpaired) electrons. The predicted octanol–water partition coefficient (Wildman–Crippen LogP) is 10.6. The molecule has 0 saturated heterocycles. The molecule has 3 heteroatoms. The fourth-order valence-corrected chi connectivity index (χ4v) is 5.50. The molecule has 0 aromatic rings. The number of Topliss-reactive ketones (excluding diaryl/α,β-unsaturated/α-hetero) is 1. The zero-order chi connectivity index (χ0) is 28.4. The van der Waals surface area contributed by atoms with Gasteiger partial charge < -0.3 is 4.74 Å². The minimum absolute atomic E-state index is 0.0301. The second-order valence-corrected chi connectivity index (χ2v) is 13.8. The Kier molecular flexibility index (Phi) is 17.2. The van der Waals surface area contributed by atoms with Crippen LogP contribution in [-0.4, -0.2) is 18.4 Å². The Balaban J connectivity index is 2.14. The van der Waals surface area contributed by atoms with Crippen LogP contribution in [0.3, 0.4) is 0 Å². The molecule has 1 aliphatic carbocycles. The summed E-state index contributed by atoms with van der Waals surface area (Å²) < 4.78 is 5.45. The van der Waals surface area contributed by atoms with Gasteiger partial charge >= 0.3 is 5.97 Å². The van der Waals surface area contributed by atoms with Gasteiger partial charge in [0.05, 0.1) is 6.61 Å². The number of ether oxygens (including phenoxy) is 1. The molecule has 3 nitrogen and oxygen atoms in total. The van der Waals surface area contributed by atoms with Crippen molar-refractivity contribution in [3.63, 3.8) is 0 Å². The lowest BCUT2D eigenvalue weighted by Crippen LogP contribution is -2.37. The Hall–Kier alpha value is -1.38. The van der Waals surface area contributed by atoms with E-state index in [9.17, 15) is 9.59 Å². The zero-order valence-electron chi connectivity index (χ0n) is 26.3. The molecule has 1 rings (SSSR count). The van der Waals surface area contributed by atoms with Gasteiger partial charge in [-0.15, -0.1) is 0 Å². The van der Waals surface area contributed by atoms with Crippen molar-refractivity contribution in [2.45, 2.75) is 158 Å². The van der Waals surface area contributed by atoms with E-state index < -0.39 is 0 Å². The molecule has 0 fully saturated rings. The number of allylic oxidation sites excluding steroid dienone is 3. The monoisotopic (exact) mass is 530 g/mol. The number of unbranched alkanes of at least 4 members (excludes halogenated alkanes) is 15. The molecule has 2 unspecified atom stereocenters. The maximum absolute atomic E-state index is 13.1. The van der Waals surface area contributed by atoms with E-state index in [4.69, 9.17) is 4.74 Å². The summed E-state index contributed by atoms with van der Waals surface area (Å²) in [6.07, 6.45) is 27.7. The summed E-state index contributed by atoms with van der Waals surface area (Å²) in [5.41, 5.74) is 0.600. The van der Waals surface area contributed by atoms with Crippen LogP contribution >= 0.6 is 0 Å². The van der Waals surface area contributed by atoms with Gasteiger partial charge in [-0.25, -0.2) is 4.79 Å². The minimum atomic E-state index is -0.263. The van der Waals surface area contributed by atoms with Crippen molar-refractivity contribution in [2.24, 2.45) is 22.7 Å². The van der Waals surface area contributed by atoms with Gasteiger partial charge in [0.25, 0.3) is 0 Å². The minimum Gasteiger partial charge on any atom is -0.463 e. The summed E-state index contributed by atoms with van der Waals surface area (Å²) in [6, 6.07) is 0. The molecule has 0 amide bonds. The average molecular weight is 531 g/mol. The number of carbonyl (C=O) groups excluding carboxylic acids is 2. The third-order valence-electron chi connectivity index (χ3n) is 8.05. The van der Waals surface area contributed by atoms with Crippen molar-refractivity contribution in [3.8, 4) is 0 Å². The molecule has 0 spiro atoms. The van der Waals surface area contributed by atoms with Gasteiger partial charge in [0, 0.05) is 12.0 Å². The number of esters is 1. The molecule has 220 valence electrons. The molecule has 0 aromatic heterocycles. The Morgan fingerprint density at radius 3 is 1.66 bits per heavy atom. The highest BCUT2D eigenvalue weighted by atomic mass is 16.5. The highest BCUT2D eigenvalue weighted by Crippen LogP contribution is 2.42. The first-order chi connectivity index (χ1) is 18.0. The molecule has 2 atom stereocenters. The summed E-state index contributed by atoms with van der Waals surface area (Å²) in [7, 11) is 0. The largest absolute Gasteiger partial charge is 0.463 e. The normalized spacial score (nSPS) is 18.7. The van der Waals surface area contributed by atoms with Crippen molar-refractivity contribution in [1.29, 1.82) is 0 Å². The topological polar surface area (TPSA) is 43.4 Å². The van der Waals surface area contributed by atoms with Crippen molar-refractivity contribution in [3.05, 3.63) is 23.8 Å². The van der Waals surface area contributed by atoms with Crippen LogP contribution in [0.1, 0.15) is 158 Å². The first-order valence-electron chi connectivity index (χ1n) is 16.1. The Bertz CT molecular complexity index is 716. The Morgan fingerprint density at radius 2 is 1.24 bits per heavy atom. The summed E-state index contributed by atoms with van der Waals surface area (Å²) in [4.78, 5) is 25.4. The van der Waals surface area contributed by atoms with E-state index in [1.807, 2.05) is 6.08 Å². The highest BCUT2D eigenvalue weighted by molar-refractivity contribution is 5.99. The molecule has 0 aliphatic heterocycles. The lowest BCUT2D eigenvalue weighted by atomic mass is 9.65. The van der Waals surface area contributed by atoms with E-state index >= 15 is 0 Å². The predicted molar refractivity (Wildman–Crippen MR) is 163 cm³/mol. The molecule has 1 aliphatic rings. The Labute approximate surface area is 236 Å². The van der Waals surface area contributed by atoms with Crippen LogP contribution < -0.4 is 0 Å². The van der Waals surface area contributed by atoms with Crippen LogP contribution in [0.5, 0.6) is 0 Å². The maximum Gasteiger partial charge on any atom is 0.330 e. The first-order valence-corrected chi connectivity index (χ1v) is 16.1. The SMILES string of the molecule is CCCCCCCCCCCCCCCCCCOC(=O)C=CC1C=C(C(C)(C)C)C(=O)C(C(C)(C)C)C1. The van der Waals surface area contributed by atoms with Gasteiger partial charge in [-0.1, -0.05) is 157 Å². The Morgan fingerprint density at radius 1 is 0.789 bits per heavy atom. The molecule has 0 N–H and O–H groups in total. The fourth-order valence-electron chi connectivity index (χ4n) is 5.50. The van der Waals surface area contributed by atoms with Gasteiger partial charge in [0.15, 0.2) is 5.78 Å². The van der Waals surface area contributed by atoms with Crippen molar-refractivity contribution < 1.29 is 14.3 Å². The zero-order valence-corrected chi connectivity index (χ0v) is 26.3. The van der Waals surface area contributed by atoms with Crippen LogP contribution in [0.15, 0.2) is 23.8 Å². The maximum atomic E-state index is 13.1. The van der Waals surface area contributed by atoms with E-state index in [2.05, 4.69) is 54.5 Å². The quantitative estimate of drug-likeness (QED) is 0.0947. The summed E-state index contributed by atoms with van der Waals surface area (Å²) >= 11 is 0. The molecule has 0 heterocycles. The molecular formula is C35H62O3. The van der Waals surface area contributed by atoms with Crippen LogP contribution in [0, 0.1) is 22.7 Å². The molecule has 0 bridgehead atoms. The van der Waals surface area contributed by atoms with Gasteiger partial charge in [-0.3, -0.25) is 4.79 Å². The van der Waals surface area contributed by atoms with Crippen molar-refractivity contribution in [1.82, 2.24) is 0 Å². The number of ketones is 1. The van der Waals surface area contributed by atoms with E-state index in [0.717, 1.165) is 24.8 Å². The third-order valence-corrected chi connectivity index (χ3v) is 8.05. The number of carbonyl (C=O) groups is 2. The van der Waals surface area contributed by atoms with E-state index in [1.54, 1.807) is 6.08 Å². The van der Waals surface area contributed by atoms with Crippen LogP contribution in [0.25, 0.3) is 0 Å². The van der Waals surface area contributed by atoms with Crippen molar-refractivity contribution in [2.75, 3.05) is 6.61 Å². The summed E-state index contributed by atoms with van der Waals surface area (Å²) in [5, 5.41) is 0. The lowest BCUT2D eigenvalue weighted by Gasteiger charge is -2.38. The molecule has 0 aromatic carbocycles. The van der Waals surface area contributed by atoms with E-state index in [1.165, 1.54) is 89.9 Å². The molecular weight excluding hydrogens is 468 g/mol. The second-order valence-electron chi connectivity index (χ2n) is 13.8. The second kappa shape index (κ2) is 18.8. The third kappa shape index (κ3) is 15.3. The van der Waals surface area contributed by atoms with E-state index in [-0.39, 0.29) is 34.4 Å². The average Bonchev–Trinajstić information content (AvgIpc) is 2.83. The van der Waals surface area contributed by atoms with Crippen LogP contribution in [-0.2, 0) is 14.3 Å². The summed E-state index contributed by atoms with van der Waals surface area (Å²) in [5.74, 6) is 0.0633. The van der Waals surface area contributed by atoms with Crippen LogP contribution in [0.4, 0.5) is 0 Å². The summed E-state index contributed by atoms with van der Waals surface area (Å²) in [6.45, 7) is 15.5. The number of hydrogen-bond acceptors (Lipinski definition) is 3. The lowest BCUT2D eigenvalue weighted by molar-refractivity contribution is -0.137. The van der Waals surface area contributed by atoms with Gasteiger partial charge in [-0.05, 0) is 35.2 Å². The van der Waals surface area contributed by atoms with Crippen molar-refractivity contribution >= 4 is 11.8 Å². The highest BCUT2D eigenvalue weighted by Gasteiger charge is 2.40. The van der Waals surface area contributed by atoms with Gasteiger partial charge in [0.2, 0.25) is 0 Å².